The van der Waals surface area contributed by atoms with Crippen LogP contribution in [0, 0.1) is 19.7 Å². The number of nitrogens with one attached hydrogen (secondary N) is 1. The van der Waals surface area contributed by atoms with E-state index in [2.05, 4.69) is 30.0 Å². The monoisotopic (exact) mass is 439 g/mol. The second-order valence-corrected chi connectivity index (χ2v) is 7.95. The van der Waals surface area contributed by atoms with Crippen LogP contribution in [0.25, 0.3) is 50.5 Å². The maximum atomic E-state index is 15.9. The molecule has 0 unspecified atom stereocenters. The molecule has 0 bridgehead atoms. The third-order valence-corrected chi connectivity index (χ3v) is 5.54. The molecule has 0 aliphatic rings. The molecule has 6 aromatic heterocycles. The number of H-pyrrole nitrogens is 1. The van der Waals surface area contributed by atoms with Crippen molar-refractivity contribution in [3.05, 3.63) is 66.5 Å². The number of fused-ring (bicyclic) bond motifs is 2. The van der Waals surface area contributed by atoms with Gasteiger partial charge in [0.25, 0.3) is 0 Å². The Hall–Kier alpha value is -4.47. The van der Waals surface area contributed by atoms with Gasteiger partial charge in [-0.25, -0.2) is 29.0 Å². The van der Waals surface area contributed by atoms with Crippen LogP contribution in [-0.4, -0.2) is 44.3 Å². The van der Waals surface area contributed by atoms with E-state index < -0.39 is 5.82 Å². The van der Waals surface area contributed by atoms with Crippen LogP contribution in [0.5, 0.6) is 0 Å². The van der Waals surface area contributed by atoms with Gasteiger partial charge in [-0.05, 0) is 31.5 Å². The number of hydrogen-bond donors (Lipinski definition) is 1. The first-order chi connectivity index (χ1) is 16.0. The number of aromatic nitrogens is 9. The Balaban J connectivity index is 1.58. The summed E-state index contributed by atoms with van der Waals surface area (Å²) in [4.78, 5) is 25.4. The molecular formula is C23H18FN9. The maximum Gasteiger partial charge on any atom is 0.166 e. The first-order valence-electron chi connectivity index (χ1n) is 10.3. The summed E-state index contributed by atoms with van der Waals surface area (Å²) in [5.41, 5.74) is 5.02. The summed E-state index contributed by atoms with van der Waals surface area (Å²) < 4.78 is 19.2. The Kier molecular flexibility index (Phi) is 4.09. The van der Waals surface area contributed by atoms with Crippen molar-refractivity contribution in [3.63, 3.8) is 0 Å². The predicted molar refractivity (Wildman–Crippen MR) is 121 cm³/mol. The summed E-state index contributed by atoms with van der Waals surface area (Å²) in [6.07, 6.45) is 10.1. The molecule has 0 saturated carbocycles. The van der Waals surface area contributed by atoms with Gasteiger partial charge in [-0.2, -0.15) is 5.10 Å². The van der Waals surface area contributed by atoms with Crippen LogP contribution in [0.3, 0.4) is 0 Å². The number of imidazole rings is 2. The normalized spacial score (nSPS) is 11.6. The molecule has 33 heavy (non-hydrogen) atoms. The molecule has 0 amide bonds. The molecular weight excluding hydrogens is 421 g/mol. The molecule has 6 aromatic rings. The zero-order chi connectivity index (χ0) is 22.7. The van der Waals surface area contributed by atoms with E-state index >= 15 is 4.39 Å². The molecule has 9 nitrogen and oxygen atoms in total. The number of aryl methyl sites for hydroxylation is 3. The Morgan fingerprint density at radius 2 is 1.94 bits per heavy atom. The van der Waals surface area contributed by atoms with Gasteiger partial charge in [0.1, 0.15) is 23.4 Å². The fraction of sp³-hybridized carbons (Fsp3) is 0.130. The quantitative estimate of drug-likeness (QED) is 0.448. The van der Waals surface area contributed by atoms with Gasteiger partial charge < -0.3 is 4.98 Å². The van der Waals surface area contributed by atoms with Crippen LogP contribution in [0.2, 0.25) is 0 Å². The van der Waals surface area contributed by atoms with E-state index in [4.69, 9.17) is 4.98 Å². The Morgan fingerprint density at radius 1 is 1.06 bits per heavy atom. The van der Waals surface area contributed by atoms with E-state index in [9.17, 15) is 0 Å². The lowest BCUT2D eigenvalue weighted by atomic mass is 10.1. The third kappa shape index (κ3) is 2.99. The molecule has 0 spiro atoms. The van der Waals surface area contributed by atoms with Gasteiger partial charge in [0.2, 0.25) is 0 Å². The maximum absolute atomic E-state index is 15.9. The summed E-state index contributed by atoms with van der Waals surface area (Å²) in [6.45, 7) is 3.82. The summed E-state index contributed by atoms with van der Waals surface area (Å²) in [7, 11) is 1.73. The number of nitrogens with zero attached hydrogens (tertiary/aromatic N) is 8. The van der Waals surface area contributed by atoms with E-state index in [1.165, 1.54) is 6.20 Å². The molecule has 1 N–H and O–H groups in total. The van der Waals surface area contributed by atoms with Crippen LogP contribution < -0.4 is 0 Å². The Bertz CT molecular complexity index is 1670. The molecule has 0 atom stereocenters. The topological polar surface area (TPSA) is 103 Å². The van der Waals surface area contributed by atoms with Gasteiger partial charge in [0.05, 0.1) is 16.6 Å². The zero-order valence-corrected chi connectivity index (χ0v) is 18.1. The number of rotatable bonds is 3. The fourth-order valence-electron chi connectivity index (χ4n) is 4.01. The van der Waals surface area contributed by atoms with E-state index in [-0.39, 0.29) is 0 Å². The van der Waals surface area contributed by atoms with Crippen LogP contribution in [-0.2, 0) is 7.05 Å². The minimum Gasteiger partial charge on any atom is -0.336 e. The predicted octanol–water partition coefficient (Wildman–Crippen LogP) is 3.91. The van der Waals surface area contributed by atoms with Gasteiger partial charge in [0, 0.05) is 49.2 Å². The highest BCUT2D eigenvalue weighted by molar-refractivity contribution is 5.95. The van der Waals surface area contributed by atoms with Gasteiger partial charge >= 0.3 is 0 Å². The van der Waals surface area contributed by atoms with Gasteiger partial charge in [-0.1, -0.05) is 0 Å². The molecule has 0 aromatic carbocycles. The van der Waals surface area contributed by atoms with E-state index in [1.54, 1.807) is 36.6 Å². The van der Waals surface area contributed by atoms with Crippen molar-refractivity contribution in [1.82, 2.24) is 44.3 Å². The molecule has 162 valence electrons. The lowest BCUT2D eigenvalue weighted by Crippen LogP contribution is -1.95. The second-order valence-electron chi connectivity index (χ2n) is 7.95. The highest BCUT2D eigenvalue weighted by Crippen LogP contribution is 2.34. The highest BCUT2D eigenvalue weighted by Gasteiger charge is 2.23. The number of aromatic amines is 1. The molecule has 6 heterocycles. The smallest absolute Gasteiger partial charge is 0.166 e. The van der Waals surface area contributed by atoms with Crippen molar-refractivity contribution in [2.24, 2.45) is 7.05 Å². The summed E-state index contributed by atoms with van der Waals surface area (Å²) in [6, 6.07) is 3.70. The standard InChI is InChI=1S/C23H18FN9/c1-12-6-14(8-25-7-12)15-9-27-22-17(18(15)24)20(31-32(22)3)21-29-16-4-5-26-23(19(16)30-21)33-10-13(2)28-11-33/h4-11H,1-3H3,(H,29,30). The van der Waals surface area contributed by atoms with Crippen molar-refractivity contribution in [2.45, 2.75) is 13.8 Å². The van der Waals surface area contributed by atoms with Gasteiger partial charge in [0.15, 0.2) is 17.3 Å². The van der Waals surface area contributed by atoms with Crippen molar-refractivity contribution < 1.29 is 4.39 Å². The van der Waals surface area contributed by atoms with E-state index in [1.807, 2.05) is 36.7 Å². The van der Waals surface area contributed by atoms with Crippen LogP contribution in [0.15, 0.2) is 49.4 Å². The van der Waals surface area contributed by atoms with Crippen molar-refractivity contribution >= 4 is 22.1 Å². The molecule has 0 aliphatic heterocycles. The average Bonchev–Trinajstić information content (AvgIpc) is 3.51. The van der Waals surface area contributed by atoms with Crippen LogP contribution in [0.1, 0.15) is 11.3 Å². The molecule has 0 saturated heterocycles. The Morgan fingerprint density at radius 3 is 2.73 bits per heavy atom. The second kappa shape index (κ2) is 7.02. The molecule has 10 heteroatoms. The largest absolute Gasteiger partial charge is 0.336 e. The van der Waals surface area contributed by atoms with Crippen molar-refractivity contribution in [1.29, 1.82) is 0 Å². The summed E-state index contributed by atoms with van der Waals surface area (Å²) in [5, 5.41) is 4.84. The fourth-order valence-corrected chi connectivity index (χ4v) is 4.01. The minimum atomic E-state index is -0.417. The lowest BCUT2D eigenvalue weighted by Gasteiger charge is -2.05. The first kappa shape index (κ1) is 19.2. The van der Waals surface area contributed by atoms with Crippen LogP contribution >= 0.6 is 0 Å². The molecule has 0 radical (unpaired) electrons. The number of pyridine rings is 3. The van der Waals surface area contributed by atoms with Crippen LogP contribution in [0.4, 0.5) is 4.39 Å². The average molecular weight is 439 g/mol. The molecule has 6 rings (SSSR count). The zero-order valence-electron chi connectivity index (χ0n) is 18.1. The van der Waals surface area contributed by atoms with Gasteiger partial charge in [-0.3, -0.25) is 9.55 Å². The first-order valence-corrected chi connectivity index (χ1v) is 10.3. The summed E-state index contributed by atoms with van der Waals surface area (Å²) in [5.74, 6) is 0.641. The third-order valence-electron chi connectivity index (χ3n) is 5.54. The van der Waals surface area contributed by atoms with E-state index in [0.29, 0.717) is 45.0 Å². The van der Waals surface area contributed by atoms with E-state index in [0.717, 1.165) is 16.8 Å². The highest BCUT2D eigenvalue weighted by atomic mass is 19.1. The summed E-state index contributed by atoms with van der Waals surface area (Å²) >= 11 is 0. The molecule has 0 aliphatic carbocycles. The van der Waals surface area contributed by atoms with Crippen molar-refractivity contribution in [2.75, 3.05) is 0 Å². The van der Waals surface area contributed by atoms with Gasteiger partial charge in [-0.15, -0.1) is 0 Å². The number of hydrogen-bond acceptors (Lipinski definition) is 6. The van der Waals surface area contributed by atoms with Crippen molar-refractivity contribution in [3.8, 4) is 28.5 Å². The SMILES string of the molecule is Cc1cncc(-c2cnc3c(c(-c4nc5c(-n6cnc(C)c6)nccc5[nH]4)nn3C)c2F)c1. The number of halogens is 1. The Labute approximate surface area is 187 Å². The minimum absolute atomic E-state index is 0.295. The lowest BCUT2D eigenvalue weighted by molar-refractivity contribution is 0.642. The molecule has 0 fully saturated rings.